The number of aliphatic hydroxyl groups is 1. The molecular formula is C17H26O2. The van der Waals surface area contributed by atoms with Gasteiger partial charge >= 0.3 is 0 Å². The molecule has 1 saturated carbocycles. The first-order chi connectivity index (χ1) is 9.04. The lowest BCUT2D eigenvalue weighted by molar-refractivity contribution is -0.0999. The van der Waals surface area contributed by atoms with Crippen molar-refractivity contribution in [2.24, 2.45) is 5.92 Å². The second-order valence-corrected chi connectivity index (χ2v) is 6.30. The van der Waals surface area contributed by atoms with Crippen LogP contribution in [0.1, 0.15) is 56.8 Å². The first kappa shape index (κ1) is 14.5. The Bertz CT molecular complexity index is 402. The average molecular weight is 262 g/mol. The normalized spacial score (nSPS) is 19.2. The largest absolute Gasteiger partial charge is 0.388 e. The van der Waals surface area contributed by atoms with Crippen molar-refractivity contribution in [1.82, 2.24) is 0 Å². The molecule has 1 atom stereocenters. The van der Waals surface area contributed by atoms with Crippen LogP contribution < -0.4 is 0 Å². The zero-order valence-corrected chi connectivity index (χ0v) is 12.4. The van der Waals surface area contributed by atoms with E-state index in [4.69, 9.17) is 4.74 Å². The summed E-state index contributed by atoms with van der Waals surface area (Å²) in [6.45, 7) is 4.44. The fraction of sp³-hybridized carbons (Fsp3) is 0.647. The summed E-state index contributed by atoms with van der Waals surface area (Å²) in [7, 11) is 1.76. The van der Waals surface area contributed by atoms with Crippen LogP contribution in [0.2, 0.25) is 0 Å². The molecular weight excluding hydrogens is 236 g/mol. The predicted molar refractivity (Wildman–Crippen MR) is 78.2 cm³/mol. The quantitative estimate of drug-likeness (QED) is 0.843. The molecule has 0 aliphatic heterocycles. The van der Waals surface area contributed by atoms with Gasteiger partial charge in [-0.05, 0) is 42.7 Å². The molecule has 0 amide bonds. The molecule has 0 saturated heterocycles. The Labute approximate surface area is 116 Å². The summed E-state index contributed by atoms with van der Waals surface area (Å²) < 4.78 is 5.60. The first-order valence-corrected chi connectivity index (χ1v) is 7.37. The van der Waals surface area contributed by atoms with Gasteiger partial charge < -0.3 is 9.84 Å². The lowest BCUT2D eigenvalue weighted by Crippen LogP contribution is -2.40. The van der Waals surface area contributed by atoms with Crippen LogP contribution in [-0.2, 0) is 11.2 Å². The van der Waals surface area contributed by atoms with Gasteiger partial charge in [-0.1, -0.05) is 38.1 Å². The van der Waals surface area contributed by atoms with Crippen molar-refractivity contribution >= 4 is 0 Å². The number of rotatable bonds is 6. The molecule has 0 aromatic heterocycles. The van der Waals surface area contributed by atoms with Crippen LogP contribution in [-0.4, -0.2) is 17.8 Å². The minimum absolute atomic E-state index is 0.0759. The summed E-state index contributed by atoms with van der Waals surface area (Å²) in [5, 5.41) is 10.4. The van der Waals surface area contributed by atoms with Crippen LogP contribution in [0.4, 0.5) is 0 Å². The molecule has 2 rings (SSSR count). The Morgan fingerprint density at radius 2 is 2.05 bits per heavy atom. The van der Waals surface area contributed by atoms with Gasteiger partial charge in [0.15, 0.2) is 0 Å². The molecule has 0 radical (unpaired) electrons. The van der Waals surface area contributed by atoms with Gasteiger partial charge in [-0.3, -0.25) is 0 Å². The summed E-state index contributed by atoms with van der Waals surface area (Å²) in [4.78, 5) is 0. The number of hydrogen-bond acceptors (Lipinski definition) is 2. The number of hydrogen-bond donors (Lipinski definition) is 1. The molecule has 1 aromatic carbocycles. The van der Waals surface area contributed by atoms with Crippen molar-refractivity contribution in [1.29, 1.82) is 0 Å². The number of aliphatic hydroxyl groups excluding tert-OH is 1. The van der Waals surface area contributed by atoms with E-state index in [9.17, 15) is 5.11 Å². The zero-order chi connectivity index (χ0) is 13.9. The lowest BCUT2D eigenvalue weighted by Gasteiger charge is -2.42. The molecule has 1 aliphatic carbocycles. The molecule has 1 N–H and O–H groups in total. The molecule has 1 aromatic rings. The van der Waals surface area contributed by atoms with Crippen molar-refractivity contribution in [3.8, 4) is 0 Å². The summed E-state index contributed by atoms with van der Waals surface area (Å²) >= 11 is 0. The van der Waals surface area contributed by atoms with Crippen LogP contribution >= 0.6 is 0 Å². The maximum atomic E-state index is 10.4. The first-order valence-electron chi connectivity index (χ1n) is 7.37. The maximum absolute atomic E-state index is 10.4. The van der Waals surface area contributed by atoms with Gasteiger partial charge in [0.05, 0.1) is 11.7 Å². The molecule has 1 fully saturated rings. The van der Waals surface area contributed by atoms with E-state index in [1.54, 1.807) is 7.11 Å². The van der Waals surface area contributed by atoms with Gasteiger partial charge in [-0.25, -0.2) is 0 Å². The van der Waals surface area contributed by atoms with E-state index in [0.29, 0.717) is 12.3 Å². The fourth-order valence-electron chi connectivity index (χ4n) is 2.93. The monoisotopic (exact) mass is 262 g/mol. The Morgan fingerprint density at radius 1 is 1.32 bits per heavy atom. The van der Waals surface area contributed by atoms with Crippen LogP contribution in [0.3, 0.4) is 0 Å². The van der Waals surface area contributed by atoms with Crippen molar-refractivity contribution in [3.63, 3.8) is 0 Å². The van der Waals surface area contributed by atoms with Crippen molar-refractivity contribution in [2.75, 3.05) is 7.11 Å². The highest BCUT2D eigenvalue weighted by molar-refractivity contribution is 5.26. The van der Waals surface area contributed by atoms with E-state index in [-0.39, 0.29) is 5.60 Å². The summed E-state index contributed by atoms with van der Waals surface area (Å²) in [6.07, 6.45) is 4.74. The zero-order valence-electron chi connectivity index (χ0n) is 12.4. The SMILES string of the molecule is COC1(CC(O)c2cccc(CC(C)C)c2)CCC1. The fourth-order valence-corrected chi connectivity index (χ4v) is 2.93. The van der Waals surface area contributed by atoms with Gasteiger partial charge in [-0.15, -0.1) is 0 Å². The highest BCUT2D eigenvalue weighted by Gasteiger charge is 2.38. The van der Waals surface area contributed by atoms with Gasteiger partial charge in [0.1, 0.15) is 0 Å². The van der Waals surface area contributed by atoms with Gasteiger partial charge in [0.2, 0.25) is 0 Å². The molecule has 0 spiro atoms. The Balaban J connectivity index is 2.04. The minimum atomic E-state index is -0.410. The summed E-state index contributed by atoms with van der Waals surface area (Å²) in [5.41, 5.74) is 2.26. The van der Waals surface area contributed by atoms with Crippen molar-refractivity contribution in [3.05, 3.63) is 35.4 Å². The van der Waals surface area contributed by atoms with Crippen molar-refractivity contribution < 1.29 is 9.84 Å². The van der Waals surface area contributed by atoms with Crippen LogP contribution in [0, 0.1) is 5.92 Å². The minimum Gasteiger partial charge on any atom is -0.388 e. The molecule has 0 bridgehead atoms. The Hall–Kier alpha value is -0.860. The summed E-state index contributed by atoms with van der Waals surface area (Å²) in [5.74, 6) is 0.643. The highest BCUT2D eigenvalue weighted by Crippen LogP contribution is 2.41. The maximum Gasteiger partial charge on any atom is 0.0817 e. The molecule has 19 heavy (non-hydrogen) atoms. The molecule has 2 nitrogen and oxygen atoms in total. The van der Waals surface area contributed by atoms with Gasteiger partial charge in [-0.2, -0.15) is 0 Å². The predicted octanol–water partition coefficient (Wildman–Crippen LogP) is 3.88. The van der Waals surface area contributed by atoms with Gasteiger partial charge in [0.25, 0.3) is 0 Å². The third kappa shape index (κ3) is 3.58. The van der Waals surface area contributed by atoms with Crippen LogP contribution in [0.25, 0.3) is 0 Å². The van der Waals surface area contributed by atoms with E-state index >= 15 is 0 Å². The third-order valence-electron chi connectivity index (χ3n) is 4.24. The second kappa shape index (κ2) is 6.06. The molecule has 1 aliphatic rings. The number of benzene rings is 1. The Morgan fingerprint density at radius 3 is 2.58 bits per heavy atom. The van der Waals surface area contributed by atoms with E-state index in [2.05, 4.69) is 32.0 Å². The van der Waals surface area contributed by atoms with E-state index in [0.717, 1.165) is 24.8 Å². The summed E-state index contributed by atoms with van der Waals surface area (Å²) in [6, 6.07) is 8.37. The number of ether oxygens (including phenoxy) is 1. The number of methoxy groups -OCH3 is 1. The molecule has 106 valence electrons. The topological polar surface area (TPSA) is 29.5 Å². The van der Waals surface area contributed by atoms with Gasteiger partial charge in [0, 0.05) is 13.5 Å². The van der Waals surface area contributed by atoms with Crippen LogP contribution in [0.15, 0.2) is 24.3 Å². The molecule has 0 heterocycles. The lowest BCUT2D eigenvalue weighted by atomic mass is 9.75. The molecule has 1 unspecified atom stereocenters. The van der Waals surface area contributed by atoms with Crippen LogP contribution in [0.5, 0.6) is 0 Å². The van der Waals surface area contributed by atoms with E-state index < -0.39 is 6.10 Å². The standard InChI is InChI=1S/C17H26O2/c1-13(2)10-14-6-4-7-15(11-14)16(18)12-17(19-3)8-5-9-17/h4,6-7,11,13,16,18H,5,8-10,12H2,1-3H3. The highest BCUT2D eigenvalue weighted by atomic mass is 16.5. The van der Waals surface area contributed by atoms with Crippen molar-refractivity contribution in [2.45, 2.75) is 57.7 Å². The van der Waals surface area contributed by atoms with E-state index in [1.807, 2.05) is 6.07 Å². The second-order valence-electron chi connectivity index (χ2n) is 6.30. The third-order valence-corrected chi connectivity index (χ3v) is 4.24. The van der Waals surface area contributed by atoms with E-state index in [1.165, 1.54) is 12.0 Å². The average Bonchev–Trinajstić information content (AvgIpc) is 2.33. The Kier molecular flexibility index (Phi) is 4.64. The smallest absolute Gasteiger partial charge is 0.0817 e. The molecule has 2 heteroatoms.